The lowest BCUT2D eigenvalue weighted by Gasteiger charge is -2.09. The molecule has 112 valence electrons. The molecule has 0 saturated heterocycles. The van der Waals surface area contributed by atoms with Gasteiger partial charge in [0.1, 0.15) is 0 Å². The number of pyridine rings is 1. The summed E-state index contributed by atoms with van der Waals surface area (Å²) in [5.74, 6) is -0.115. The van der Waals surface area contributed by atoms with Crippen molar-refractivity contribution in [3.63, 3.8) is 0 Å². The zero-order chi connectivity index (χ0) is 15.3. The molecule has 0 bridgehead atoms. The van der Waals surface area contributed by atoms with E-state index in [2.05, 4.69) is 10.3 Å². The molecular weight excluding hydrogens is 295 g/mol. The monoisotopic (exact) mass is 309 g/mol. The van der Waals surface area contributed by atoms with E-state index in [1.807, 2.05) is 0 Å². The van der Waals surface area contributed by atoms with Crippen molar-refractivity contribution < 1.29 is 18.1 Å². The average molecular weight is 309 g/mol. The third-order valence-electron chi connectivity index (χ3n) is 2.60. The molecule has 1 aromatic rings. The van der Waals surface area contributed by atoms with Gasteiger partial charge in [0.25, 0.3) is 5.69 Å². The first kappa shape index (κ1) is 16.7. The van der Waals surface area contributed by atoms with Gasteiger partial charge in [-0.2, -0.15) is 13.2 Å². The number of halogens is 3. The molecule has 0 radical (unpaired) electrons. The van der Waals surface area contributed by atoms with Crippen LogP contribution in [0.15, 0.2) is 6.20 Å². The molecule has 0 aliphatic heterocycles. The van der Waals surface area contributed by atoms with E-state index in [4.69, 9.17) is 0 Å². The minimum absolute atomic E-state index is 0.00136. The van der Waals surface area contributed by atoms with E-state index in [0.717, 1.165) is 0 Å². The smallest absolute Gasteiger partial charge is 0.310 e. The van der Waals surface area contributed by atoms with E-state index in [-0.39, 0.29) is 36.3 Å². The molecule has 0 aliphatic carbocycles. The summed E-state index contributed by atoms with van der Waals surface area (Å²) >= 11 is -0.108. The molecule has 1 heterocycles. The first-order valence-electron chi connectivity index (χ1n) is 5.73. The van der Waals surface area contributed by atoms with Gasteiger partial charge < -0.3 is 5.32 Å². The van der Waals surface area contributed by atoms with Gasteiger partial charge >= 0.3 is 5.51 Å². The van der Waals surface area contributed by atoms with Crippen LogP contribution in [0.2, 0.25) is 0 Å². The highest BCUT2D eigenvalue weighted by Gasteiger charge is 2.27. The molecule has 0 amide bonds. The van der Waals surface area contributed by atoms with Crippen LogP contribution in [0.3, 0.4) is 0 Å². The van der Waals surface area contributed by atoms with Gasteiger partial charge in [-0.15, -0.1) is 0 Å². The lowest BCUT2D eigenvalue weighted by atomic mass is 10.1. The maximum Gasteiger partial charge on any atom is 0.441 e. The number of hydrogen-bond donors (Lipinski definition) is 1. The molecule has 0 aliphatic rings. The number of nitrogens with one attached hydrogen (secondary N) is 1. The molecule has 0 spiro atoms. The number of hydrogen-bond acceptors (Lipinski definition) is 5. The normalized spacial score (nSPS) is 11.7. The van der Waals surface area contributed by atoms with Crippen LogP contribution in [0.4, 0.5) is 18.9 Å². The maximum atomic E-state index is 11.9. The van der Waals surface area contributed by atoms with Crippen LogP contribution in [-0.4, -0.2) is 27.7 Å². The number of alkyl halides is 3. The number of nitrogens with zero attached hydrogens (tertiary/aromatic N) is 2. The Bertz CT molecular complexity index is 495. The largest absolute Gasteiger partial charge is 0.441 e. The molecule has 9 heteroatoms. The number of rotatable bonds is 6. The highest BCUT2D eigenvalue weighted by atomic mass is 32.2. The zero-order valence-corrected chi connectivity index (χ0v) is 11.8. The van der Waals surface area contributed by atoms with Crippen LogP contribution >= 0.6 is 11.8 Å². The van der Waals surface area contributed by atoms with Crippen LogP contribution < -0.4 is 5.32 Å². The quantitative estimate of drug-likeness (QED) is 0.497. The van der Waals surface area contributed by atoms with Gasteiger partial charge in [0.2, 0.25) is 0 Å². The van der Waals surface area contributed by atoms with E-state index < -0.39 is 10.4 Å². The predicted octanol–water partition coefficient (Wildman–Crippen LogP) is 2.95. The fourth-order valence-electron chi connectivity index (χ4n) is 1.67. The second-order valence-electron chi connectivity index (χ2n) is 4.09. The fourth-order valence-corrected chi connectivity index (χ4v) is 2.15. The Labute approximate surface area is 118 Å². The summed E-state index contributed by atoms with van der Waals surface area (Å²) in [6.07, 6.45) is 1.40. The van der Waals surface area contributed by atoms with Gasteiger partial charge in [-0.05, 0) is 25.6 Å². The molecule has 20 heavy (non-hydrogen) atoms. The van der Waals surface area contributed by atoms with Crippen molar-refractivity contribution in [3.05, 3.63) is 33.1 Å². The Morgan fingerprint density at radius 1 is 1.45 bits per heavy atom. The highest BCUT2D eigenvalue weighted by Crippen LogP contribution is 2.29. The van der Waals surface area contributed by atoms with Crippen LogP contribution in [0.5, 0.6) is 0 Å². The lowest BCUT2D eigenvalue weighted by molar-refractivity contribution is -0.386. The standard InChI is InChI=1S/C11H14F3N3O2S/c1-7-5-16-9(8(2)10(7)17(18)19)6-15-3-4-20-11(12,13)14/h5,15H,3-4,6H2,1-2H3. The molecule has 1 rings (SSSR count). The van der Waals surface area contributed by atoms with Crippen LogP contribution in [0.1, 0.15) is 16.8 Å². The molecular formula is C11H14F3N3O2S. The first-order valence-corrected chi connectivity index (χ1v) is 6.72. The van der Waals surface area contributed by atoms with Gasteiger partial charge in [0.05, 0.1) is 10.6 Å². The number of thioether (sulfide) groups is 1. The second-order valence-corrected chi connectivity index (χ2v) is 5.25. The summed E-state index contributed by atoms with van der Waals surface area (Å²) in [7, 11) is 0. The summed E-state index contributed by atoms with van der Waals surface area (Å²) in [5.41, 5.74) is -2.87. The molecule has 5 nitrogen and oxygen atoms in total. The Kier molecular flexibility index (Phi) is 5.75. The van der Waals surface area contributed by atoms with Gasteiger partial charge in [-0.1, -0.05) is 0 Å². The van der Waals surface area contributed by atoms with E-state index in [1.165, 1.54) is 6.20 Å². The molecule has 0 atom stereocenters. The summed E-state index contributed by atoms with van der Waals surface area (Å²) in [5, 5.41) is 13.7. The predicted molar refractivity (Wildman–Crippen MR) is 70.6 cm³/mol. The molecule has 0 fully saturated rings. The van der Waals surface area contributed by atoms with E-state index in [9.17, 15) is 23.3 Å². The topological polar surface area (TPSA) is 68.1 Å². The van der Waals surface area contributed by atoms with Gasteiger partial charge in [-0.25, -0.2) is 0 Å². The molecule has 0 aromatic carbocycles. The summed E-state index contributed by atoms with van der Waals surface area (Å²) in [4.78, 5) is 14.5. The maximum absolute atomic E-state index is 11.9. The van der Waals surface area contributed by atoms with Crippen LogP contribution in [0.25, 0.3) is 0 Å². The Morgan fingerprint density at radius 2 is 2.10 bits per heavy atom. The Hall–Kier alpha value is -1.35. The third kappa shape index (κ3) is 4.97. The minimum atomic E-state index is -4.24. The van der Waals surface area contributed by atoms with E-state index >= 15 is 0 Å². The molecule has 0 saturated carbocycles. The van der Waals surface area contributed by atoms with E-state index in [1.54, 1.807) is 13.8 Å². The minimum Gasteiger partial charge on any atom is -0.310 e. The Morgan fingerprint density at radius 3 is 2.65 bits per heavy atom. The van der Waals surface area contributed by atoms with Crippen molar-refractivity contribution in [3.8, 4) is 0 Å². The van der Waals surface area contributed by atoms with Crippen molar-refractivity contribution in [1.82, 2.24) is 10.3 Å². The number of nitro groups is 1. The molecule has 0 unspecified atom stereocenters. The van der Waals surface area contributed by atoms with E-state index in [0.29, 0.717) is 16.8 Å². The van der Waals surface area contributed by atoms with Crippen molar-refractivity contribution in [2.24, 2.45) is 0 Å². The van der Waals surface area contributed by atoms with Crippen molar-refractivity contribution in [1.29, 1.82) is 0 Å². The summed E-state index contributed by atoms with van der Waals surface area (Å²) in [6, 6.07) is 0. The van der Waals surface area contributed by atoms with Crippen molar-refractivity contribution in [2.75, 3.05) is 12.3 Å². The van der Waals surface area contributed by atoms with Gasteiger partial charge in [0, 0.05) is 36.2 Å². The van der Waals surface area contributed by atoms with Gasteiger partial charge in [0.15, 0.2) is 0 Å². The summed E-state index contributed by atoms with van der Waals surface area (Å²) in [6.45, 7) is 3.52. The van der Waals surface area contributed by atoms with Crippen molar-refractivity contribution >= 4 is 17.4 Å². The third-order valence-corrected chi connectivity index (χ3v) is 3.33. The first-order chi connectivity index (χ1) is 9.22. The SMILES string of the molecule is Cc1cnc(CNCCSC(F)(F)F)c(C)c1[N+](=O)[O-]. The van der Waals surface area contributed by atoms with Crippen LogP contribution in [0, 0.1) is 24.0 Å². The summed E-state index contributed by atoms with van der Waals surface area (Å²) < 4.78 is 35.7. The molecule has 1 N–H and O–H groups in total. The number of aromatic nitrogens is 1. The lowest BCUT2D eigenvalue weighted by Crippen LogP contribution is -2.20. The van der Waals surface area contributed by atoms with Crippen molar-refractivity contribution in [2.45, 2.75) is 25.9 Å². The number of aryl methyl sites for hydroxylation is 1. The highest BCUT2D eigenvalue weighted by molar-refractivity contribution is 8.00. The fraction of sp³-hybridized carbons (Fsp3) is 0.545. The second kappa shape index (κ2) is 6.89. The zero-order valence-electron chi connectivity index (χ0n) is 11.0. The average Bonchev–Trinajstić information content (AvgIpc) is 2.29. The Balaban J connectivity index is 2.57. The molecule has 1 aromatic heterocycles. The van der Waals surface area contributed by atoms with Gasteiger partial charge in [-0.3, -0.25) is 15.1 Å². The van der Waals surface area contributed by atoms with Crippen LogP contribution in [-0.2, 0) is 6.54 Å².